The average molecular weight is 262 g/mol. The highest BCUT2D eigenvalue weighted by Gasteiger charge is 2.19. The average Bonchev–Trinajstić information content (AvgIpc) is 2.25. The molecule has 1 aliphatic rings. The van der Waals surface area contributed by atoms with Crippen molar-refractivity contribution in [2.45, 2.75) is 64.5 Å². The Kier molecular flexibility index (Phi) is 6.44. The first-order valence-electron chi connectivity index (χ1n) is 6.73. The molecule has 4 nitrogen and oxygen atoms in total. The van der Waals surface area contributed by atoms with Crippen LogP contribution in [0, 0.1) is 0 Å². The fourth-order valence-corrected chi connectivity index (χ4v) is 3.57. The minimum absolute atomic E-state index is 0.187. The molecule has 1 rings (SSSR count). The van der Waals surface area contributed by atoms with Crippen molar-refractivity contribution in [2.75, 3.05) is 12.3 Å². The molecular formula is C12H26N2O2S. The van der Waals surface area contributed by atoms with E-state index in [9.17, 15) is 8.42 Å². The van der Waals surface area contributed by atoms with Crippen LogP contribution in [0.15, 0.2) is 0 Å². The second kappa shape index (κ2) is 7.34. The molecule has 0 saturated heterocycles. The normalized spacial score (nSPS) is 18.8. The van der Waals surface area contributed by atoms with E-state index in [2.05, 4.69) is 23.9 Å². The number of hydrogen-bond acceptors (Lipinski definition) is 3. The van der Waals surface area contributed by atoms with Crippen LogP contribution in [0.25, 0.3) is 0 Å². The van der Waals surface area contributed by atoms with Crippen LogP contribution in [0.5, 0.6) is 0 Å². The third-order valence-electron chi connectivity index (χ3n) is 3.09. The molecule has 0 aromatic heterocycles. The van der Waals surface area contributed by atoms with Gasteiger partial charge >= 0.3 is 0 Å². The number of rotatable bonds is 7. The first-order valence-corrected chi connectivity index (χ1v) is 8.38. The highest BCUT2D eigenvalue weighted by Crippen LogP contribution is 2.18. The van der Waals surface area contributed by atoms with Gasteiger partial charge in [0.15, 0.2) is 0 Å². The van der Waals surface area contributed by atoms with Crippen LogP contribution >= 0.6 is 0 Å². The first kappa shape index (κ1) is 14.9. The minimum Gasteiger partial charge on any atom is -0.314 e. The van der Waals surface area contributed by atoms with Gasteiger partial charge in [-0.1, -0.05) is 33.1 Å². The third-order valence-corrected chi connectivity index (χ3v) is 4.61. The lowest BCUT2D eigenvalue weighted by Crippen LogP contribution is -2.38. The molecule has 0 atom stereocenters. The zero-order valence-corrected chi connectivity index (χ0v) is 11.9. The molecule has 0 aliphatic heterocycles. The van der Waals surface area contributed by atoms with Crippen molar-refractivity contribution in [3.05, 3.63) is 0 Å². The maximum absolute atomic E-state index is 11.8. The van der Waals surface area contributed by atoms with Crippen molar-refractivity contribution in [3.63, 3.8) is 0 Å². The molecule has 1 saturated carbocycles. The summed E-state index contributed by atoms with van der Waals surface area (Å²) in [6, 6.07) is 0.607. The van der Waals surface area contributed by atoms with Crippen LogP contribution in [0.2, 0.25) is 0 Å². The quantitative estimate of drug-likeness (QED) is 0.686. The summed E-state index contributed by atoms with van der Waals surface area (Å²) in [5.41, 5.74) is 0. The van der Waals surface area contributed by atoms with E-state index in [1.165, 1.54) is 6.42 Å². The van der Waals surface area contributed by atoms with Gasteiger partial charge in [0.2, 0.25) is 10.0 Å². The molecule has 17 heavy (non-hydrogen) atoms. The summed E-state index contributed by atoms with van der Waals surface area (Å²) in [6.07, 6.45) is 6.24. The molecule has 0 spiro atoms. The maximum Gasteiger partial charge on any atom is 0.211 e. The molecule has 0 aromatic carbocycles. The van der Waals surface area contributed by atoms with E-state index in [0.29, 0.717) is 12.5 Å². The van der Waals surface area contributed by atoms with Crippen LogP contribution in [-0.4, -0.2) is 32.8 Å². The Bertz CT molecular complexity index is 296. The molecule has 0 radical (unpaired) electrons. The molecule has 2 N–H and O–H groups in total. The molecule has 0 aromatic rings. The topological polar surface area (TPSA) is 58.2 Å². The highest BCUT2D eigenvalue weighted by molar-refractivity contribution is 7.89. The Hall–Kier alpha value is -0.130. The van der Waals surface area contributed by atoms with Crippen LogP contribution in [0.3, 0.4) is 0 Å². The van der Waals surface area contributed by atoms with Gasteiger partial charge in [0.25, 0.3) is 0 Å². The Labute approximate surface area is 106 Å². The van der Waals surface area contributed by atoms with Gasteiger partial charge in [-0.05, 0) is 25.8 Å². The van der Waals surface area contributed by atoms with Gasteiger partial charge in [-0.2, -0.15) is 0 Å². The standard InChI is InChI=1S/C12H26N2O2S/c1-11(2)13-9-6-10-17(15,16)14-12-7-4-3-5-8-12/h11-14H,3-10H2,1-2H3. The van der Waals surface area contributed by atoms with Crippen LogP contribution in [0.4, 0.5) is 0 Å². The van der Waals surface area contributed by atoms with Crippen molar-refractivity contribution >= 4 is 10.0 Å². The van der Waals surface area contributed by atoms with Crippen molar-refractivity contribution in [1.29, 1.82) is 0 Å². The molecule has 102 valence electrons. The van der Waals surface area contributed by atoms with Gasteiger partial charge in [-0.15, -0.1) is 0 Å². The van der Waals surface area contributed by atoms with E-state index in [4.69, 9.17) is 0 Å². The molecule has 0 amide bonds. The van der Waals surface area contributed by atoms with Crippen molar-refractivity contribution in [3.8, 4) is 0 Å². The maximum atomic E-state index is 11.8. The van der Waals surface area contributed by atoms with Gasteiger partial charge in [0, 0.05) is 12.1 Å². The van der Waals surface area contributed by atoms with Crippen LogP contribution < -0.4 is 10.0 Å². The van der Waals surface area contributed by atoms with Crippen molar-refractivity contribution < 1.29 is 8.42 Å². The smallest absolute Gasteiger partial charge is 0.211 e. The van der Waals surface area contributed by atoms with Crippen LogP contribution in [0.1, 0.15) is 52.4 Å². The van der Waals surface area contributed by atoms with E-state index >= 15 is 0 Å². The lowest BCUT2D eigenvalue weighted by atomic mass is 9.96. The van der Waals surface area contributed by atoms with E-state index in [1.807, 2.05) is 0 Å². The fraction of sp³-hybridized carbons (Fsp3) is 1.00. The van der Waals surface area contributed by atoms with Gasteiger partial charge in [-0.25, -0.2) is 13.1 Å². The van der Waals surface area contributed by atoms with Crippen LogP contribution in [-0.2, 0) is 10.0 Å². The SMILES string of the molecule is CC(C)NCCCS(=O)(=O)NC1CCCCC1. The molecular weight excluding hydrogens is 236 g/mol. The summed E-state index contributed by atoms with van der Waals surface area (Å²) in [5, 5.41) is 3.23. The summed E-state index contributed by atoms with van der Waals surface area (Å²) in [7, 11) is -3.07. The van der Waals surface area contributed by atoms with Gasteiger partial charge in [0.1, 0.15) is 0 Å². The van der Waals surface area contributed by atoms with Gasteiger partial charge in [-0.3, -0.25) is 0 Å². The lowest BCUT2D eigenvalue weighted by Gasteiger charge is -2.22. The predicted octanol–water partition coefficient (Wildman–Crippen LogP) is 1.63. The Morgan fingerprint density at radius 3 is 2.41 bits per heavy atom. The second-order valence-corrected chi connectivity index (χ2v) is 7.11. The molecule has 5 heteroatoms. The Balaban J connectivity index is 2.20. The van der Waals surface area contributed by atoms with E-state index in [0.717, 1.165) is 32.2 Å². The molecule has 1 aliphatic carbocycles. The summed E-state index contributed by atoms with van der Waals surface area (Å²) in [6.45, 7) is 4.90. The molecule has 0 heterocycles. The summed E-state index contributed by atoms with van der Waals surface area (Å²) in [4.78, 5) is 0. The largest absolute Gasteiger partial charge is 0.314 e. The molecule has 0 unspecified atom stereocenters. The summed E-state index contributed by atoms with van der Waals surface area (Å²) >= 11 is 0. The zero-order valence-electron chi connectivity index (χ0n) is 11.0. The number of hydrogen-bond donors (Lipinski definition) is 2. The summed E-state index contributed by atoms with van der Waals surface area (Å²) in [5.74, 6) is 0.239. The summed E-state index contributed by atoms with van der Waals surface area (Å²) < 4.78 is 26.4. The zero-order chi connectivity index (χ0) is 12.7. The Morgan fingerprint density at radius 2 is 1.82 bits per heavy atom. The van der Waals surface area contributed by atoms with Crippen molar-refractivity contribution in [2.24, 2.45) is 0 Å². The minimum atomic E-state index is -3.07. The molecule has 0 bridgehead atoms. The van der Waals surface area contributed by atoms with Gasteiger partial charge < -0.3 is 5.32 Å². The number of nitrogens with one attached hydrogen (secondary N) is 2. The Morgan fingerprint density at radius 1 is 1.18 bits per heavy atom. The second-order valence-electron chi connectivity index (χ2n) is 5.23. The molecule has 1 fully saturated rings. The third kappa shape index (κ3) is 7.01. The van der Waals surface area contributed by atoms with E-state index in [-0.39, 0.29) is 11.8 Å². The number of sulfonamides is 1. The highest BCUT2D eigenvalue weighted by atomic mass is 32.2. The van der Waals surface area contributed by atoms with E-state index < -0.39 is 10.0 Å². The first-order chi connectivity index (χ1) is 7.99. The lowest BCUT2D eigenvalue weighted by molar-refractivity contribution is 0.411. The monoisotopic (exact) mass is 262 g/mol. The van der Waals surface area contributed by atoms with Crippen molar-refractivity contribution in [1.82, 2.24) is 10.0 Å². The van der Waals surface area contributed by atoms with Gasteiger partial charge in [0.05, 0.1) is 5.75 Å². The predicted molar refractivity (Wildman–Crippen MR) is 71.6 cm³/mol. The van der Waals surface area contributed by atoms with E-state index in [1.54, 1.807) is 0 Å². The fourth-order valence-electron chi connectivity index (χ4n) is 2.19.